The molecule has 0 amide bonds. The van der Waals surface area contributed by atoms with E-state index in [4.69, 9.17) is 16.0 Å². The molecule has 0 aliphatic carbocycles. The van der Waals surface area contributed by atoms with E-state index in [0.29, 0.717) is 6.54 Å². The van der Waals surface area contributed by atoms with Gasteiger partial charge >= 0.3 is 5.97 Å². The first-order valence-electron chi connectivity index (χ1n) is 5.77. The van der Waals surface area contributed by atoms with Gasteiger partial charge < -0.3 is 10.6 Å². The number of nitrogens with one attached hydrogen (secondary N) is 1. The predicted molar refractivity (Wildman–Crippen MR) is 63.7 cm³/mol. The van der Waals surface area contributed by atoms with Gasteiger partial charge in [-0.1, -0.05) is 0 Å². The lowest BCUT2D eigenvalue weighted by molar-refractivity contribution is -0.135. The van der Waals surface area contributed by atoms with Crippen LogP contribution >= 0.6 is 0 Å². The highest BCUT2D eigenvalue weighted by Gasteiger charge is 2.28. The largest absolute Gasteiger partial charge is 0.386 e. The highest BCUT2D eigenvalue weighted by molar-refractivity contribution is 5.87. The van der Waals surface area contributed by atoms with E-state index >= 15 is 0 Å². The molecule has 1 aliphatic rings. The quantitative estimate of drug-likeness (QED) is 0.591. The van der Waals surface area contributed by atoms with Crippen LogP contribution in [-0.2, 0) is 4.84 Å². The number of amidine groups is 1. The minimum atomic E-state index is -0.573. The van der Waals surface area contributed by atoms with Crippen molar-refractivity contribution in [1.82, 2.24) is 15.0 Å². The van der Waals surface area contributed by atoms with E-state index in [1.165, 1.54) is 23.7 Å². The Morgan fingerprint density at radius 2 is 2.33 bits per heavy atom. The molecule has 1 aromatic heterocycles. The Bertz CT molecular complexity index is 436. The Balaban J connectivity index is 2.03. The Labute approximate surface area is 104 Å². The van der Waals surface area contributed by atoms with Gasteiger partial charge in [0.1, 0.15) is 11.9 Å². The normalized spacial score (nSPS) is 20.3. The lowest BCUT2D eigenvalue weighted by Crippen LogP contribution is -2.48. The number of hydroxylamine groups is 2. The summed E-state index contributed by atoms with van der Waals surface area (Å²) in [6.45, 7) is 0.580. The molecule has 0 bridgehead atoms. The summed E-state index contributed by atoms with van der Waals surface area (Å²) in [5.41, 5.74) is 5.64. The lowest BCUT2D eigenvalue weighted by atomic mass is 10.0. The first-order valence-corrected chi connectivity index (χ1v) is 5.77. The number of aromatic nitrogens is 2. The Hall–Kier alpha value is -2.02. The standard InChI is InChI=1S/C11H15N5O2/c12-10(13)9-3-1-2-6-16(9)18-11(17)8-7-14-4-5-15-8/h4-5,7,9H,1-3,6H2,(H3,12,13). The van der Waals surface area contributed by atoms with Crippen LogP contribution in [0.25, 0.3) is 0 Å². The fourth-order valence-corrected chi connectivity index (χ4v) is 1.88. The van der Waals surface area contributed by atoms with E-state index in [2.05, 4.69) is 9.97 Å². The van der Waals surface area contributed by atoms with Crippen LogP contribution in [0.2, 0.25) is 0 Å². The maximum atomic E-state index is 11.8. The second-order valence-corrected chi connectivity index (χ2v) is 4.08. The molecule has 0 spiro atoms. The van der Waals surface area contributed by atoms with Gasteiger partial charge in [0.25, 0.3) is 0 Å². The van der Waals surface area contributed by atoms with Gasteiger partial charge in [-0.2, -0.15) is 0 Å². The molecule has 1 saturated heterocycles. The van der Waals surface area contributed by atoms with Crippen LogP contribution in [0.5, 0.6) is 0 Å². The van der Waals surface area contributed by atoms with Crippen molar-refractivity contribution in [3.63, 3.8) is 0 Å². The van der Waals surface area contributed by atoms with Gasteiger partial charge in [-0.15, -0.1) is 5.06 Å². The summed E-state index contributed by atoms with van der Waals surface area (Å²) in [6.07, 6.45) is 6.87. The first-order chi connectivity index (χ1) is 8.68. The third-order valence-electron chi connectivity index (χ3n) is 2.79. The van der Waals surface area contributed by atoms with Gasteiger partial charge in [0, 0.05) is 18.9 Å². The number of hydrogen-bond donors (Lipinski definition) is 2. The summed E-state index contributed by atoms with van der Waals surface area (Å²) < 4.78 is 0. The zero-order chi connectivity index (χ0) is 13.0. The average Bonchev–Trinajstić information content (AvgIpc) is 2.40. The van der Waals surface area contributed by atoms with E-state index in [-0.39, 0.29) is 17.6 Å². The highest BCUT2D eigenvalue weighted by Crippen LogP contribution is 2.17. The van der Waals surface area contributed by atoms with E-state index < -0.39 is 5.97 Å². The fourth-order valence-electron chi connectivity index (χ4n) is 1.88. The van der Waals surface area contributed by atoms with E-state index in [0.717, 1.165) is 19.3 Å². The van der Waals surface area contributed by atoms with Crippen LogP contribution in [0, 0.1) is 5.41 Å². The average molecular weight is 249 g/mol. The van der Waals surface area contributed by atoms with Crippen molar-refractivity contribution in [1.29, 1.82) is 5.41 Å². The van der Waals surface area contributed by atoms with Crippen molar-refractivity contribution in [2.75, 3.05) is 6.54 Å². The maximum Gasteiger partial charge on any atom is 0.377 e. The van der Waals surface area contributed by atoms with Gasteiger partial charge in [-0.25, -0.2) is 9.78 Å². The molecule has 96 valence electrons. The number of nitrogens with two attached hydrogens (primary N) is 1. The number of carbonyl (C=O) groups excluding carboxylic acids is 1. The minimum absolute atomic E-state index is 0.0154. The summed E-state index contributed by atoms with van der Waals surface area (Å²) in [6, 6.07) is -0.334. The van der Waals surface area contributed by atoms with E-state index in [1.807, 2.05) is 0 Å². The third kappa shape index (κ3) is 2.80. The summed E-state index contributed by atoms with van der Waals surface area (Å²) in [5.74, 6) is -0.558. The van der Waals surface area contributed by atoms with Crippen LogP contribution < -0.4 is 5.73 Å². The molecule has 1 aliphatic heterocycles. The molecule has 1 fully saturated rings. The van der Waals surface area contributed by atoms with Crippen molar-refractivity contribution in [3.8, 4) is 0 Å². The fraction of sp³-hybridized carbons (Fsp3) is 0.455. The summed E-state index contributed by atoms with van der Waals surface area (Å²) >= 11 is 0. The van der Waals surface area contributed by atoms with E-state index in [1.54, 1.807) is 0 Å². The molecule has 1 unspecified atom stereocenters. The Morgan fingerprint density at radius 1 is 1.50 bits per heavy atom. The van der Waals surface area contributed by atoms with Gasteiger partial charge in [-0.05, 0) is 19.3 Å². The third-order valence-corrected chi connectivity index (χ3v) is 2.79. The second kappa shape index (κ2) is 5.54. The van der Waals surface area contributed by atoms with Crippen LogP contribution in [-0.4, -0.2) is 39.4 Å². The topological polar surface area (TPSA) is 105 Å². The molecule has 1 aromatic rings. The zero-order valence-electron chi connectivity index (χ0n) is 9.87. The summed E-state index contributed by atoms with van der Waals surface area (Å²) in [5, 5.41) is 8.95. The minimum Gasteiger partial charge on any atom is -0.386 e. The van der Waals surface area contributed by atoms with Crippen molar-refractivity contribution < 1.29 is 9.63 Å². The molecule has 2 heterocycles. The van der Waals surface area contributed by atoms with Gasteiger partial charge in [-0.3, -0.25) is 10.4 Å². The van der Waals surface area contributed by atoms with Crippen molar-refractivity contribution in [2.45, 2.75) is 25.3 Å². The molecular weight excluding hydrogens is 234 g/mol. The lowest BCUT2D eigenvalue weighted by Gasteiger charge is -2.32. The monoisotopic (exact) mass is 249 g/mol. The second-order valence-electron chi connectivity index (χ2n) is 4.08. The Kier molecular flexibility index (Phi) is 3.83. The number of rotatable bonds is 3. The zero-order valence-corrected chi connectivity index (χ0v) is 9.87. The molecule has 3 N–H and O–H groups in total. The molecule has 18 heavy (non-hydrogen) atoms. The molecule has 0 radical (unpaired) electrons. The number of piperidine rings is 1. The highest BCUT2D eigenvalue weighted by atomic mass is 16.7. The number of nitrogens with zero attached hydrogens (tertiary/aromatic N) is 3. The molecule has 0 aromatic carbocycles. The summed E-state index contributed by atoms with van der Waals surface area (Å²) in [4.78, 5) is 24.7. The van der Waals surface area contributed by atoms with Crippen molar-refractivity contribution in [3.05, 3.63) is 24.3 Å². The molecular formula is C11H15N5O2. The molecule has 7 heteroatoms. The maximum absolute atomic E-state index is 11.8. The molecule has 7 nitrogen and oxygen atoms in total. The predicted octanol–water partition coefficient (Wildman–Crippen LogP) is 0.339. The van der Waals surface area contributed by atoms with Crippen molar-refractivity contribution >= 4 is 11.8 Å². The molecule has 1 atom stereocenters. The van der Waals surface area contributed by atoms with Gasteiger partial charge in [0.2, 0.25) is 0 Å². The van der Waals surface area contributed by atoms with Crippen molar-refractivity contribution in [2.24, 2.45) is 5.73 Å². The van der Waals surface area contributed by atoms with Crippen LogP contribution in [0.1, 0.15) is 29.8 Å². The van der Waals surface area contributed by atoms with Gasteiger partial charge in [0.15, 0.2) is 5.69 Å². The van der Waals surface area contributed by atoms with E-state index in [9.17, 15) is 4.79 Å². The van der Waals surface area contributed by atoms with Crippen LogP contribution in [0.15, 0.2) is 18.6 Å². The van der Waals surface area contributed by atoms with Gasteiger partial charge in [0.05, 0.1) is 6.20 Å². The summed E-state index contributed by atoms with van der Waals surface area (Å²) in [7, 11) is 0. The number of hydrogen-bond acceptors (Lipinski definition) is 6. The van der Waals surface area contributed by atoms with Crippen LogP contribution in [0.4, 0.5) is 0 Å². The number of carbonyl (C=O) groups is 1. The Morgan fingerprint density at radius 3 is 3.00 bits per heavy atom. The smallest absolute Gasteiger partial charge is 0.377 e. The van der Waals surface area contributed by atoms with Crippen LogP contribution in [0.3, 0.4) is 0 Å². The molecule has 0 saturated carbocycles. The first kappa shape index (κ1) is 12.4. The molecule has 2 rings (SSSR count). The SMILES string of the molecule is N=C(N)C1CCCCN1OC(=O)c1cnccn1.